The largest absolute Gasteiger partial charge is 0.311 e. The van der Waals surface area contributed by atoms with Gasteiger partial charge in [0.05, 0.1) is 11.4 Å². The highest BCUT2D eigenvalue weighted by Crippen LogP contribution is 2.52. The Hall–Kier alpha value is -5.10. The molecule has 0 spiro atoms. The molecule has 8 aromatic rings. The molecule has 5 heteroatoms. The Balaban J connectivity index is 1.32. The zero-order valence-corrected chi connectivity index (χ0v) is 41.4. The van der Waals surface area contributed by atoms with E-state index in [1.807, 2.05) is 22.7 Å². The van der Waals surface area contributed by atoms with Crippen molar-refractivity contribution in [2.75, 3.05) is 9.80 Å². The molecule has 2 aromatic heterocycles. The van der Waals surface area contributed by atoms with E-state index >= 15 is 0 Å². The van der Waals surface area contributed by atoms with Crippen molar-refractivity contribution >= 4 is 99.4 Å². The third-order valence-corrected chi connectivity index (χ3v) is 16.1. The molecule has 0 amide bonds. The molecule has 6 aromatic carbocycles. The number of hydrogen-bond acceptors (Lipinski definition) is 4. The first-order chi connectivity index (χ1) is 29.6. The van der Waals surface area contributed by atoms with E-state index in [0.29, 0.717) is 0 Å². The van der Waals surface area contributed by atoms with Crippen LogP contribution in [-0.4, -0.2) is 6.71 Å². The fourth-order valence-corrected chi connectivity index (χ4v) is 12.4. The number of benzene rings is 6. The van der Waals surface area contributed by atoms with Crippen LogP contribution in [0.15, 0.2) is 115 Å². The molecule has 2 aliphatic heterocycles. The van der Waals surface area contributed by atoms with Gasteiger partial charge in [0.1, 0.15) is 0 Å². The number of fused-ring (bicyclic) bond motifs is 7. The van der Waals surface area contributed by atoms with E-state index in [9.17, 15) is 0 Å². The lowest BCUT2D eigenvalue weighted by atomic mass is 9.36. The second kappa shape index (κ2) is 14.2. The second-order valence-corrected chi connectivity index (χ2v) is 24.7. The quantitative estimate of drug-likeness (QED) is 0.163. The predicted octanol–water partition coefficient (Wildman–Crippen LogP) is 15.7. The Kier molecular flexibility index (Phi) is 9.44. The van der Waals surface area contributed by atoms with Crippen LogP contribution in [-0.2, 0) is 21.7 Å². The van der Waals surface area contributed by atoms with Gasteiger partial charge in [0.15, 0.2) is 0 Å². The van der Waals surface area contributed by atoms with Gasteiger partial charge in [0, 0.05) is 47.2 Å². The number of nitrogens with zero attached hydrogens (tertiary/aromatic N) is 2. The standard InChI is InChI=1S/C58H61BN2S2/c1-34-27-37(50-29-36-17-15-16-18-48(36)62-50)28-35(2)52(34)61-47-33-41(58(12,13)14)32-46-51(47)59(54-53(61)43-30-39(56(6,7)8)22-26-49(43)63-54)44-31-40(57(9,10)11)21-25-45(44)60(46)42-23-19-38(20-24-42)55(3,4)5/h15-33H,1-14H3. The minimum Gasteiger partial charge on any atom is -0.311 e. The number of thiophene rings is 2. The molecule has 0 saturated carbocycles. The summed E-state index contributed by atoms with van der Waals surface area (Å²) in [5, 5.41) is 2.65. The van der Waals surface area contributed by atoms with E-state index in [1.165, 1.54) is 114 Å². The van der Waals surface area contributed by atoms with Crippen LogP contribution in [0.1, 0.15) is 116 Å². The molecule has 0 radical (unpaired) electrons. The second-order valence-electron chi connectivity index (χ2n) is 22.5. The molecule has 0 fully saturated rings. The van der Waals surface area contributed by atoms with E-state index in [1.54, 1.807) is 0 Å². The first kappa shape index (κ1) is 41.9. The molecule has 0 bridgehead atoms. The van der Waals surface area contributed by atoms with Crippen LogP contribution < -0.4 is 25.5 Å². The summed E-state index contributed by atoms with van der Waals surface area (Å²) in [4.78, 5) is 6.62. The smallest absolute Gasteiger partial charge is 0.264 e. The van der Waals surface area contributed by atoms with E-state index in [2.05, 4.69) is 222 Å². The molecule has 63 heavy (non-hydrogen) atoms. The van der Waals surface area contributed by atoms with Crippen LogP contribution in [0.4, 0.5) is 34.1 Å². The molecule has 0 unspecified atom stereocenters. The van der Waals surface area contributed by atoms with E-state index in [4.69, 9.17) is 0 Å². The van der Waals surface area contributed by atoms with Gasteiger partial charge >= 0.3 is 0 Å². The molecule has 318 valence electrons. The Morgan fingerprint density at radius 2 is 1.03 bits per heavy atom. The highest BCUT2D eigenvalue weighted by Gasteiger charge is 2.47. The Bertz CT molecular complexity index is 3080. The van der Waals surface area contributed by atoms with Gasteiger partial charge in [-0.3, -0.25) is 0 Å². The molecule has 0 aliphatic carbocycles. The van der Waals surface area contributed by atoms with Crippen molar-refractivity contribution in [2.24, 2.45) is 0 Å². The summed E-state index contributed by atoms with van der Waals surface area (Å²) >= 11 is 3.89. The molecule has 4 heterocycles. The van der Waals surface area contributed by atoms with E-state index in [-0.39, 0.29) is 28.4 Å². The van der Waals surface area contributed by atoms with Crippen molar-refractivity contribution in [3.63, 3.8) is 0 Å². The summed E-state index contributed by atoms with van der Waals surface area (Å²) in [7, 11) is 0. The van der Waals surface area contributed by atoms with Crippen LogP contribution in [0.25, 0.3) is 30.6 Å². The van der Waals surface area contributed by atoms with Gasteiger partial charge in [-0.15, -0.1) is 22.7 Å². The Morgan fingerprint density at radius 1 is 0.460 bits per heavy atom. The zero-order valence-electron chi connectivity index (χ0n) is 39.8. The van der Waals surface area contributed by atoms with Crippen molar-refractivity contribution in [3.8, 4) is 10.4 Å². The van der Waals surface area contributed by atoms with Gasteiger partial charge < -0.3 is 9.80 Å². The van der Waals surface area contributed by atoms with Gasteiger partial charge in [-0.2, -0.15) is 0 Å². The molecule has 0 atom stereocenters. The number of hydrogen-bond donors (Lipinski definition) is 0. The van der Waals surface area contributed by atoms with Crippen LogP contribution in [0, 0.1) is 13.8 Å². The monoisotopic (exact) mass is 860 g/mol. The summed E-state index contributed by atoms with van der Waals surface area (Å²) in [6.45, 7) is 32.9. The highest BCUT2D eigenvalue weighted by atomic mass is 32.1. The molecule has 0 N–H and O–H groups in total. The van der Waals surface area contributed by atoms with Gasteiger partial charge in [-0.25, -0.2) is 0 Å². The van der Waals surface area contributed by atoms with Crippen molar-refractivity contribution in [1.82, 2.24) is 0 Å². The maximum absolute atomic E-state index is 2.71. The first-order valence-electron chi connectivity index (χ1n) is 22.8. The Labute approximate surface area is 384 Å². The Morgan fingerprint density at radius 3 is 1.65 bits per heavy atom. The molecule has 0 saturated heterocycles. The lowest BCUT2D eigenvalue weighted by Crippen LogP contribution is -2.60. The lowest BCUT2D eigenvalue weighted by Gasteiger charge is -2.45. The third kappa shape index (κ3) is 6.88. The van der Waals surface area contributed by atoms with E-state index in [0.717, 1.165) is 0 Å². The van der Waals surface area contributed by atoms with Gasteiger partial charge in [-0.1, -0.05) is 132 Å². The molecular formula is C58H61BN2S2. The minimum absolute atomic E-state index is 0.00675. The fraction of sp³-hybridized carbons (Fsp3) is 0.310. The van der Waals surface area contributed by atoms with E-state index < -0.39 is 0 Å². The summed E-state index contributed by atoms with van der Waals surface area (Å²) in [6, 6.07) is 45.2. The molecule has 10 rings (SSSR count). The lowest BCUT2D eigenvalue weighted by molar-refractivity contribution is 0.589. The summed E-state index contributed by atoms with van der Waals surface area (Å²) in [5.74, 6) is 0. The average Bonchev–Trinajstić information content (AvgIpc) is 3.82. The molecule has 2 aliphatic rings. The van der Waals surface area contributed by atoms with Gasteiger partial charge in [0.2, 0.25) is 0 Å². The van der Waals surface area contributed by atoms with Crippen molar-refractivity contribution in [3.05, 3.63) is 149 Å². The summed E-state index contributed by atoms with van der Waals surface area (Å²) in [6.07, 6.45) is 0. The van der Waals surface area contributed by atoms with Crippen molar-refractivity contribution in [1.29, 1.82) is 0 Å². The summed E-state index contributed by atoms with van der Waals surface area (Å²) in [5.41, 5.74) is 19.7. The molecular weight excluding hydrogens is 800 g/mol. The van der Waals surface area contributed by atoms with Crippen molar-refractivity contribution in [2.45, 2.75) is 119 Å². The van der Waals surface area contributed by atoms with Crippen LogP contribution in [0.3, 0.4) is 0 Å². The third-order valence-electron chi connectivity index (χ3n) is 13.7. The molecule has 2 nitrogen and oxygen atoms in total. The first-order valence-corrected chi connectivity index (χ1v) is 24.4. The number of anilines is 6. The zero-order chi connectivity index (χ0) is 44.7. The highest BCUT2D eigenvalue weighted by molar-refractivity contribution is 7.33. The maximum atomic E-state index is 2.71. The van der Waals surface area contributed by atoms with Gasteiger partial charge in [0.25, 0.3) is 6.71 Å². The average molecular weight is 861 g/mol. The minimum atomic E-state index is -0.101. The maximum Gasteiger partial charge on any atom is 0.264 e. The van der Waals surface area contributed by atoms with Gasteiger partial charge in [-0.05, 0) is 157 Å². The van der Waals surface area contributed by atoms with Crippen molar-refractivity contribution < 1.29 is 0 Å². The number of aryl methyl sites for hydroxylation is 2. The topological polar surface area (TPSA) is 6.48 Å². The van der Waals surface area contributed by atoms with Crippen LogP contribution >= 0.6 is 22.7 Å². The predicted molar refractivity (Wildman–Crippen MR) is 281 cm³/mol. The summed E-state index contributed by atoms with van der Waals surface area (Å²) < 4.78 is 4.10. The normalized spacial score (nSPS) is 14.1. The van der Waals surface area contributed by atoms with Crippen LogP contribution in [0.2, 0.25) is 0 Å². The van der Waals surface area contributed by atoms with Crippen LogP contribution in [0.5, 0.6) is 0 Å². The SMILES string of the molecule is Cc1cc(-c2cc3ccccc3s2)cc(C)c1N1c2cc(C(C)(C)C)cc3c2B(c2cc(C(C)(C)C)ccc2N3c2ccc(C(C)(C)C)cc2)c2sc3ccc(C(C)(C)C)cc3c21. The number of rotatable bonds is 3. The fourth-order valence-electron chi connectivity index (χ4n) is 10.0.